The molecule has 1 aliphatic carbocycles. The first-order valence-corrected chi connectivity index (χ1v) is 19.1. The number of hydrogen-bond donors (Lipinski definition) is 2. The molecule has 4 aliphatic rings. The number of piperidine rings is 1. The molecule has 1 aromatic heterocycles. The van der Waals surface area contributed by atoms with Crippen LogP contribution in [0, 0.1) is 11.8 Å². The number of nitrogens with zero attached hydrogens (tertiary/aromatic N) is 6. The van der Waals surface area contributed by atoms with Gasteiger partial charge < -0.3 is 20.3 Å². The van der Waals surface area contributed by atoms with Gasteiger partial charge in [0, 0.05) is 81.0 Å². The molecular weight excluding hydrogens is 677 g/mol. The predicted molar refractivity (Wildman–Crippen MR) is 213 cm³/mol. The smallest absolute Gasteiger partial charge is 0.247 e. The number of benzene rings is 3. The van der Waals surface area contributed by atoms with Crippen molar-refractivity contribution in [2.24, 2.45) is 0 Å². The van der Waals surface area contributed by atoms with E-state index in [1.807, 2.05) is 65.7 Å². The summed E-state index contributed by atoms with van der Waals surface area (Å²) in [7, 11) is 1.66. The van der Waals surface area contributed by atoms with Crippen LogP contribution in [0.15, 0.2) is 91.8 Å². The van der Waals surface area contributed by atoms with Gasteiger partial charge in [0.15, 0.2) is 5.82 Å². The number of aromatic nitrogens is 2. The van der Waals surface area contributed by atoms with Crippen molar-refractivity contribution < 1.29 is 14.4 Å². The van der Waals surface area contributed by atoms with Crippen LogP contribution in [-0.4, -0.2) is 90.7 Å². The van der Waals surface area contributed by atoms with E-state index in [1.54, 1.807) is 7.11 Å². The van der Waals surface area contributed by atoms with Gasteiger partial charge in [-0.1, -0.05) is 48.8 Å². The first-order chi connectivity index (χ1) is 26.5. The molecule has 54 heavy (non-hydrogen) atoms. The molecule has 1 amide bonds. The predicted octanol–water partition coefficient (Wildman–Crippen LogP) is 6.38. The second-order valence-corrected chi connectivity index (χ2v) is 14.4. The minimum absolute atomic E-state index is 0.0442. The second-order valence-electron chi connectivity index (χ2n) is 14.4. The lowest BCUT2D eigenvalue weighted by Crippen LogP contribution is -2.53. The monoisotopic (exact) mass is 724 g/mol. The molecule has 1 saturated carbocycles. The van der Waals surface area contributed by atoms with Gasteiger partial charge in [-0.15, -0.1) is 0 Å². The average molecular weight is 725 g/mol. The van der Waals surface area contributed by atoms with E-state index < -0.39 is 0 Å². The molecule has 0 radical (unpaired) electrons. The molecule has 278 valence electrons. The van der Waals surface area contributed by atoms with E-state index in [9.17, 15) is 4.79 Å². The summed E-state index contributed by atoms with van der Waals surface area (Å²) >= 11 is 0. The molecule has 4 aromatic rings. The van der Waals surface area contributed by atoms with Gasteiger partial charge in [0.25, 0.3) is 0 Å². The Hall–Kier alpha value is -5.41. The molecule has 4 fully saturated rings. The van der Waals surface area contributed by atoms with E-state index in [0.29, 0.717) is 41.4 Å². The number of nitrogens with one attached hydrogen (secondary N) is 2. The molecule has 4 heterocycles. The summed E-state index contributed by atoms with van der Waals surface area (Å²) in [5, 5.41) is 8.33. The summed E-state index contributed by atoms with van der Waals surface area (Å²) in [5.41, 5.74) is 5.29. The average Bonchev–Trinajstić information content (AvgIpc) is 3.96. The number of ether oxygens (including phenoxy) is 1. The normalized spacial score (nSPS) is 19.5. The van der Waals surface area contributed by atoms with Crippen molar-refractivity contribution in [1.29, 1.82) is 0 Å². The number of hydrogen-bond acceptors (Lipinski definition) is 10. The highest BCUT2D eigenvalue weighted by Gasteiger charge is 2.34. The van der Waals surface area contributed by atoms with Crippen molar-refractivity contribution in [2.75, 3.05) is 73.6 Å². The summed E-state index contributed by atoms with van der Waals surface area (Å²) in [4.78, 5) is 35.7. The van der Waals surface area contributed by atoms with Crippen LogP contribution in [0.2, 0.25) is 0 Å². The maximum atomic E-state index is 12.7. The van der Waals surface area contributed by atoms with Crippen LogP contribution in [0.1, 0.15) is 54.8 Å². The van der Waals surface area contributed by atoms with Gasteiger partial charge in [0.2, 0.25) is 5.91 Å². The zero-order valence-corrected chi connectivity index (χ0v) is 30.9. The van der Waals surface area contributed by atoms with Crippen LogP contribution in [0.3, 0.4) is 0 Å². The lowest BCUT2D eigenvalue weighted by atomic mass is 10.0. The minimum Gasteiger partial charge on any atom is -0.494 e. The van der Waals surface area contributed by atoms with Gasteiger partial charge in [0.1, 0.15) is 17.9 Å². The van der Waals surface area contributed by atoms with Crippen LogP contribution in [0.4, 0.5) is 28.7 Å². The quantitative estimate of drug-likeness (QED) is 0.142. The van der Waals surface area contributed by atoms with Crippen molar-refractivity contribution in [2.45, 2.75) is 50.2 Å². The zero-order chi connectivity index (χ0) is 36.9. The number of amides is 1. The zero-order valence-electron chi connectivity index (χ0n) is 30.9. The third-order valence-corrected chi connectivity index (χ3v) is 10.9. The van der Waals surface area contributed by atoms with E-state index in [4.69, 9.17) is 9.57 Å². The summed E-state index contributed by atoms with van der Waals surface area (Å²) in [6.07, 6.45) is 8.52. The van der Waals surface area contributed by atoms with Gasteiger partial charge in [0.05, 0.1) is 36.8 Å². The lowest BCUT2D eigenvalue weighted by Gasteiger charge is -2.43. The fraction of sp³-hybridized carbons (Fsp3) is 0.372. The van der Waals surface area contributed by atoms with E-state index in [1.165, 1.54) is 38.3 Å². The Balaban J connectivity index is 0.981. The van der Waals surface area contributed by atoms with Gasteiger partial charge in [-0.3, -0.25) is 19.4 Å². The van der Waals surface area contributed by atoms with Crippen LogP contribution in [-0.2, 0) is 9.63 Å². The van der Waals surface area contributed by atoms with Crippen LogP contribution in [0.25, 0.3) is 0 Å². The van der Waals surface area contributed by atoms with Gasteiger partial charge in [-0.05, 0) is 67.7 Å². The Kier molecular flexibility index (Phi) is 10.8. The summed E-state index contributed by atoms with van der Waals surface area (Å²) in [6, 6.07) is 25.4. The molecular formula is C43H48N8O3. The Labute approximate surface area is 317 Å². The molecule has 11 nitrogen and oxygen atoms in total. The molecule has 0 spiro atoms. The standard InChI is InChI=1S/C43H48N8O3/c1-3-43(52)47-36-27-37(40(53-2)28-39(36)50-19-16-35(17-20-50)49-23-21-48(22-24-49)34-14-15-34)46-41-29-42(45-30-44-41)51-38(18-25-54-51)33-11-7-10-32(26-33)13-12-31-8-5-4-6-9-31/h3-11,26-30,34-35,38H,1,14-25H2,2H3,(H,47,52)(H,44,45,46). The minimum atomic E-state index is -0.271. The van der Waals surface area contributed by atoms with E-state index in [0.717, 1.165) is 73.9 Å². The van der Waals surface area contributed by atoms with Crippen molar-refractivity contribution >= 4 is 34.6 Å². The number of piperazine rings is 1. The van der Waals surface area contributed by atoms with Gasteiger partial charge in [-0.2, -0.15) is 0 Å². The van der Waals surface area contributed by atoms with Gasteiger partial charge >= 0.3 is 0 Å². The van der Waals surface area contributed by atoms with Crippen LogP contribution >= 0.6 is 0 Å². The van der Waals surface area contributed by atoms with Crippen molar-refractivity contribution in [3.8, 4) is 17.6 Å². The first-order valence-electron chi connectivity index (χ1n) is 19.1. The summed E-state index contributed by atoms with van der Waals surface area (Å²) in [5.74, 6) is 8.11. The molecule has 0 bridgehead atoms. The molecule has 11 heteroatoms. The Morgan fingerprint density at radius 1 is 0.833 bits per heavy atom. The maximum Gasteiger partial charge on any atom is 0.247 e. The third kappa shape index (κ3) is 8.21. The van der Waals surface area contributed by atoms with E-state index in [2.05, 4.69) is 65.9 Å². The third-order valence-electron chi connectivity index (χ3n) is 10.9. The summed E-state index contributed by atoms with van der Waals surface area (Å²) in [6.45, 7) is 10.7. The van der Waals surface area contributed by atoms with Crippen LogP contribution < -0.4 is 25.3 Å². The number of methoxy groups -OCH3 is 1. The highest BCUT2D eigenvalue weighted by atomic mass is 16.7. The molecule has 3 aromatic carbocycles. The van der Waals surface area contributed by atoms with E-state index in [-0.39, 0.29) is 11.9 Å². The molecule has 8 rings (SSSR count). The number of hydroxylamine groups is 1. The molecule has 1 unspecified atom stereocenters. The SMILES string of the molecule is C=CC(=O)Nc1cc(Nc2cc(N3OCCC3c3cccc(C#Cc4ccccc4)c3)ncn2)c(OC)cc1N1CCC(N2CCN(C3CC3)CC2)CC1. The first kappa shape index (κ1) is 35.6. The molecule has 2 N–H and O–H groups in total. The number of anilines is 5. The van der Waals surface area contributed by atoms with Crippen molar-refractivity contribution in [1.82, 2.24) is 19.8 Å². The second kappa shape index (κ2) is 16.3. The Bertz CT molecular complexity index is 2010. The fourth-order valence-electron chi connectivity index (χ4n) is 7.92. The largest absolute Gasteiger partial charge is 0.494 e. The number of rotatable bonds is 10. The van der Waals surface area contributed by atoms with Crippen molar-refractivity contribution in [3.63, 3.8) is 0 Å². The topological polar surface area (TPSA) is 98.3 Å². The summed E-state index contributed by atoms with van der Waals surface area (Å²) < 4.78 is 5.93. The molecule has 3 aliphatic heterocycles. The fourth-order valence-corrected chi connectivity index (χ4v) is 7.92. The van der Waals surface area contributed by atoms with E-state index >= 15 is 0 Å². The highest BCUT2D eigenvalue weighted by Crippen LogP contribution is 2.41. The highest BCUT2D eigenvalue weighted by molar-refractivity contribution is 6.02. The Morgan fingerprint density at radius 2 is 1.56 bits per heavy atom. The maximum absolute atomic E-state index is 12.7. The molecule has 1 atom stereocenters. The van der Waals surface area contributed by atoms with Gasteiger partial charge in [-0.25, -0.2) is 15.0 Å². The van der Waals surface area contributed by atoms with Crippen molar-refractivity contribution in [3.05, 3.63) is 108 Å². The van der Waals surface area contributed by atoms with Crippen LogP contribution in [0.5, 0.6) is 5.75 Å². The number of carbonyl (C=O) groups is 1. The lowest BCUT2D eigenvalue weighted by molar-refractivity contribution is -0.111. The molecule has 3 saturated heterocycles. The number of carbonyl (C=O) groups excluding carboxylic acids is 1. The Morgan fingerprint density at radius 3 is 2.28 bits per heavy atom.